The van der Waals surface area contributed by atoms with E-state index in [1.807, 2.05) is 109 Å². The highest BCUT2D eigenvalue weighted by Gasteiger charge is 2.42. The van der Waals surface area contributed by atoms with E-state index in [2.05, 4.69) is 63.1 Å². The van der Waals surface area contributed by atoms with E-state index in [9.17, 15) is 14.9 Å². The zero-order valence-electron chi connectivity index (χ0n) is 29.4. The van der Waals surface area contributed by atoms with Crippen molar-refractivity contribution in [1.82, 2.24) is 25.2 Å². The number of pyridine rings is 1. The Morgan fingerprint density at radius 3 is 1.89 bits per heavy atom. The van der Waals surface area contributed by atoms with Gasteiger partial charge in [-0.15, -0.1) is 5.10 Å². The number of anilines is 1. The fourth-order valence-corrected chi connectivity index (χ4v) is 7.23. The molecule has 0 saturated carbocycles. The van der Waals surface area contributed by atoms with Gasteiger partial charge in [-0.25, -0.2) is 9.67 Å². The number of halogens is 1. The van der Waals surface area contributed by atoms with E-state index in [4.69, 9.17) is 16.8 Å². The number of hydrogen-bond donors (Lipinski definition) is 1. The van der Waals surface area contributed by atoms with Crippen LogP contribution in [0.5, 0.6) is 0 Å². The maximum atomic E-state index is 13.4. The van der Waals surface area contributed by atoms with Crippen molar-refractivity contribution in [3.8, 4) is 22.5 Å². The summed E-state index contributed by atoms with van der Waals surface area (Å²) in [5, 5.41) is 28.0. The fraction of sp³-hybridized carbons (Fsp3) is 0.140. The van der Waals surface area contributed by atoms with Crippen LogP contribution in [-0.4, -0.2) is 36.0 Å². The summed E-state index contributed by atoms with van der Waals surface area (Å²) in [5.74, 6) is -0.367. The molecule has 0 aliphatic rings. The summed E-state index contributed by atoms with van der Waals surface area (Å²) in [6.07, 6.45) is 1.77. The average molecular weight is 734 g/mol. The van der Waals surface area contributed by atoms with Crippen LogP contribution in [0.15, 0.2) is 152 Å². The summed E-state index contributed by atoms with van der Waals surface area (Å²) in [5.41, 5.74) is 5.47. The molecule has 7 aromatic rings. The predicted molar refractivity (Wildman–Crippen MR) is 210 cm³/mol. The monoisotopic (exact) mass is 733 g/mol. The van der Waals surface area contributed by atoms with Gasteiger partial charge in [-0.05, 0) is 62.7 Å². The zero-order chi connectivity index (χ0) is 37.5. The highest BCUT2D eigenvalue weighted by molar-refractivity contribution is 6.29. The largest absolute Gasteiger partial charge is 0.311 e. The highest BCUT2D eigenvalue weighted by Crippen LogP contribution is 2.43. The van der Waals surface area contributed by atoms with Gasteiger partial charge in [-0.1, -0.05) is 164 Å². The van der Waals surface area contributed by atoms with Crippen LogP contribution in [0.3, 0.4) is 0 Å². The third kappa shape index (κ3) is 7.11. The van der Waals surface area contributed by atoms with E-state index >= 15 is 0 Å². The molecule has 1 N–H and O–H groups in total. The maximum Gasteiger partial charge on any atom is 0.311 e. The number of nitrogens with zero attached hydrogens (tertiary/aromatic N) is 6. The second-order valence-electron chi connectivity index (χ2n) is 12.9. The van der Waals surface area contributed by atoms with Gasteiger partial charge in [0.25, 0.3) is 0 Å². The molecule has 1 amide bonds. The number of tetrazole rings is 1. The first-order chi connectivity index (χ1) is 26.4. The van der Waals surface area contributed by atoms with Crippen molar-refractivity contribution in [2.24, 2.45) is 5.92 Å². The molecular formula is C43H36ClN7O3. The number of amides is 1. The van der Waals surface area contributed by atoms with E-state index in [0.29, 0.717) is 18.7 Å². The second-order valence-corrected chi connectivity index (χ2v) is 13.3. The lowest BCUT2D eigenvalue weighted by Crippen LogP contribution is -2.39. The molecule has 10 nitrogen and oxygen atoms in total. The van der Waals surface area contributed by atoms with Gasteiger partial charge in [0.2, 0.25) is 11.7 Å². The molecule has 2 aromatic heterocycles. The summed E-state index contributed by atoms with van der Waals surface area (Å²) in [4.78, 5) is 28.4. The Balaban J connectivity index is 1.25. The molecule has 7 rings (SSSR count). The van der Waals surface area contributed by atoms with Crippen molar-refractivity contribution in [2.75, 3.05) is 5.32 Å². The van der Waals surface area contributed by atoms with Crippen molar-refractivity contribution >= 4 is 29.0 Å². The van der Waals surface area contributed by atoms with Crippen LogP contribution in [0.4, 0.5) is 11.5 Å². The molecule has 2 heterocycles. The van der Waals surface area contributed by atoms with Gasteiger partial charge in [0, 0.05) is 17.5 Å². The van der Waals surface area contributed by atoms with Gasteiger partial charge in [0.05, 0.1) is 4.92 Å². The van der Waals surface area contributed by atoms with Gasteiger partial charge < -0.3 is 5.32 Å². The van der Waals surface area contributed by atoms with E-state index in [1.54, 1.807) is 0 Å². The Morgan fingerprint density at radius 2 is 1.33 bits per heavy atom. The minimum atomic E-state index is -0.907. The number of aromatic nitrogens is 5. The molecule has 0 aliphatic carbocycles. The van der Waals surface area contributed by atoms with Crippen LogP contribution in [0.1, 0.15) is 42.0 Å². The average Bonchev–Trinajstić information content (AvgIpc) is 3.70. The highest BCUT2D eigenvalue weighted by atomic mass is 35.5. The van der Waals surface area contributed by atoms with E-state index in [0.717, 1.165) is 45.4 Å². The van der Waals surface area contributed by atoms with Gasteiger partial charge in [0.1, 0.15) is 10.7 Å². The minimum Gasteiger partial charge on any atom is -0.305 e. The Hall–Kier alpha value is -6.52. The van der Waals surface area contributed by atoms with Gasteiger partial charge in [-0.3, -0.25) is 14.9 Å². The van der Waals surface area contributed by atoms with Gasteiger partial charge >= 0.3 is 5.69 Å². The molecule has 0 saturated heterocycles. The van der Waals surface area contributed by atoms with E-state index in [1.165, 1.54) is 12.1 Å². The van der Waals surface area contributed by atoms with Crippen molar-refractivity contribution < 1.29 is 9.72 Å². The number of carbonyl (C=O) groups excluding carboxylic acids is 1. The molecule has 11 heteroatoms. The van der Waals surface area contributed by atoms with Crippen LogP contribution in [0.2, 0.25) is 5.15 Å². The van der Waals surface area contributed by atoms with Crippen LogP contribution < -0.4 is 5.32 Å². The minimum absolute atomic E-state index is 0.0544. The Kier molecular flexibility index (Phi) is 10.6. The molecule has 54 heavy (non-hydrogen) atoms. The summed E-state index contributed by atoms with van der Waals surface area (Å²) in [6, 6.07) is 49.5. The van der Waals surface area contributed by atoms with Crippen LogP contribution in [0.25, 0.3) is 22.5 Å². The van der Waals surface area contributed by atoms with Crippen LogP contribution >= 0.6 is 11.6 Å². The third-order valence-corrected chi connectivity index (χ3v) is 9.77. The van der Waals surface area contributed by atoms with Crippen LogP contribution in [0, 0.1) is 16.0 Å². The lowest BCUT2D eigenvalue weighted by molar-refractivity contribution is -0.384. The molecule has 0 radical (unpaired) electrons. The number of hydrogen-bond acceptors (Lipinski definition) is 7. The Labute approximate surface area is 317 Å². The first-order valence-electron chi connectivity index (χ1n) is 17.7. The number of carbonyl (C=O) groups is 1. The van der Waals surface area contributed by atoms with Gasteiger partial charge in [-0.2, -0.15) is 0 Å². The molecular weight excluding hydrogens is 698 g/mol. The SMILES string of the molecule is CCCC(Cc1ccc(-c2ccccc2-c2nnnn2C(c2ccccc2)(c2ccccc2)c2ccccc2)cc1)C(=O)Nc1nc(Cl)ccc1[N+](=O)[O-]. The topological polar surface area (TPSA) is 129 Å². The number of nitro groups is 1. The Bertz CT molecular complexity index is 2270. The molecule has 5 aromatic carbocycles. The predicted octanol–water partition coefficient (Wildman–Crippen LogP) is 9.40. The normalized spacial score (nSPS) is 11.9. The van der Waals surface area contributed by atoms with Crippen molar-refractivity contribution in [3.63, 3.8) is 0 Å². The second kappa shape index (κ2) is 16.0. The Morgan fingerprint density at radius 1 is 0.778 bits per heavy atom. The quantitative estimate of drug-likeness (QED) is 0.0541. The number of benzene rings is 5. The lowest BCUT2D eigenvalue weighted by Gasteiger charge is -2.36. The molecule has 1 unspecified atom stereocenters. The molecule has 268 valence electrons. The fourth-order valence-electron chi connectivity index (χ4n) is 7.08. The standard InChI is InChI=1S/C43H36ClN7O3/c1-2-14-32(42(52)46-40-38(51(53)54)27-28-39(44)45-40)29-30-23-25-31(26-24-30)36-21-12-13-22-37(36)41-47-48-49-50(41)43(33-15-6-3-7-16-33,34-17-8-4-9-18-34)35-19-10-5-11-20-35/h3-13,15-28,32H,2,14,29H2,1H3,(H,45,46,52). The van der Waals surface area contributed by atoms with Gasteiger partial charge in [0.15, 0.2) is 5.82 Å². The van der Waals surface area contributed by atoms with E-state index in [-0.39, 0.29) is 22.6 Å². The van der Waals surface area contributed by atoms with Crippen molar-refractivity contribution in [1.29, 1.82) is 0 Å². The molecule has 1 atom stereocenters. The number of rotatable bonds is 13. The summed E-state index contributed by atoms with van der Waals surface area (Å²) < 4.78 is 1.92. The summed E-state index contributed by atoms with van der Waals surface area (Å²) in [7, 11) is 0. The maximum absolute atomic E-state index is 13.4. The van der Waals surface area contributed by atoms with Crippen molar-refractivity contribution in [2.45, 2.75) is 31.7 Å². The molecule has 0 fully saturated rings. The lowest BCUT2D eigenvalue weighted by atomic mass is 9.77. The molecule has 0 bridgehead atoms. The molecule has 0 aliphatic heterocycles. The first-order valence-corrected chi connectivity index (χ1v) is 18.0. The van der Waals surface area contributed by atoms with Crippen LogP contribution in [-0.2, 0) is 16.8 Å². The van der Waals surface area contributed by atoms with Crippen molar-refractivity contribution in [3.05, 3.63) is 189 Å². The third-order valence-electron chi connectivity index (χ3n) is 9.56. The molecule has 0 spiro atoms. The summed E-state index contributed by atoms with van der Waals surface area (Å²) in [6.45, 7) is 2.00. The number of nitrogens with one attached hydrogen (secondary N) is 1. The van der Waals surface area contributed by atoms with E-state index < -0.39 is 16.4 Å². The summed E-state index contributed by atoms with van der Waals surface area (Å²) >= 11 is 6.00. The first kappa shape index (κ1) is 35.9. The smallest absolute Gasteiger partial charge is 0.305 e. The zero-order valence-corrected chi connectivity index (χ0v) is 30.2.